The van der Waals surface area contributed by atoms with Crippen LogP contribution in [0.2, 0.25) is 0 Å². The molecule has 4 heteroatoms. The zero-order valence-electron chi connectivity index (χ0n) is 10.8. The first-order chi connectivity index (χ1) is 8.56. The van der Waals surface area contributed by atoms with Crippen LogP contribution in [0.4, 0.5) is 5.69 Å². The third-order valence-corrected chi connectivity index (χ3v) is 2.67. The summed E-state index contributed by atoms with van der Waals surface area (Å²) in [6.45, 7) is 1.61. The summed E-state index contributed by atoms with van der Waals surface area (Å²) in [5.41, 5.74) is 2.76. The normalized spacial score (nSPS) is 10.4. The Morgan fingerprint density at radius 1 is 1.28 bits per heavy atom. The summed E-state index contributed by atoms with van der Waals surface area (Å²) >= 11 is 0. The van der Waals surface area contributed by atoms with Crippen molar-refractivity contribution < 1.29 is 9.53 Å². The van der Waals surface area contributed by atoms with Crippen LogP contribution in [0.25, 0.3) is 10.9 Å². The van der Waals surface area contributed by atoms with E-state index in [1.165, 1.54) is 6.92 Å². The molecule has 0 saturated carbocycles. The molecule has 2 rings (SSSR count). The first kappa shape index (κ1) is 12.4. The van der Waals surface area contributed by atoms with Gasteiger partial charge in [0.15, 0.2) is 0 Å². The lowest BCUT2D eigenvalue weighted by atomic mass is 10.2. The summed E-state index contributed by atoms with van der Waals surface area (Å²) < 4.78 is 4.94. The summed E-state index contributed by atoms with van der Waals surface area (Å²) in [5, 5.41) is 1.08. The van der Waals surface area contributed by atoms with Crippen molar-refractivity contribution in [2.24, 2.45) is 0 Å². The van der Waals surface area contributed by atoms with Gasteiger partial charge >= 0.3 is 5.97 Å². The average Bonchev–Trinajstić information content (AvgIpc) is 2.35. The molecule has 2 aromatic rings. The number of pyridine rings is 1. The predicted octanol–water partition coefficient (Wildman–Crippen LogP) is 2.36. The molecule has 18 heavy (non-hydrogen) atoms. The standard InChI is InChI=1S/C14H16N2O2/c1-10(17)18-9-12-6-4-11-5-7-13(16(2)3)8-14(11)15-12/h4-8H,9H2,1-3H3. The second kappa shape index (κ2) is 5.04. The molecule has 0 amide bonds. The van der Waals surface area contributed by atoms with Crippen LogP contribution in [0, 0.1) is 0 Å². The highest BCUT2D eigenvalue weighted by Crippen LogP contribution is 2.19. The SMILES string of the molecule is CC(=O)OCc1ccc2ccc(N(C)C)cc2n1. The first-order valence-electron chi connectivity index (χ1n) is 5.76. The van der Waals surface area contributed by atoms with Gasteiger partial charge in [-0.05, 0) is 18.2 Å². The summed E-state index contributed by atoms with van der Waals surface area (Å²) in [4.78, 5) is 17.3. The van der Waals surface area contributed by atoms with Crippen molar-refractivity contribution in [1.82, 2.24) is 4.98 Å². The van der Waals surface area contributed by atoms with Gasteiger partial charge in [0.1, 0.15) is 6.61 Å². The smallest absolute Gasteiger partial charge is 0.303 e. The Labute approximate surface area is 106 Å². The number of carbonyl (C=O) groups is 1. The Hall–Kier alpha value is -2.10. The summed E-state index contributed by atoms with van der Waals surface area (Å²) in [6, 6.07) is 9.97. The minimum absolute atomic E-state index is 0.220. The van der Waals surface area contributed by atoms with Crippen LogP contribution >= 0.6 is 0 Å². The Morgan fingerprint density at radius 3 is 2.67 bits per heavy atom. The fraction of sp³-hybridized carbons (Fsp3) is 0.286. The maximum Gasteiger partial charge on any atom is 0.303 e. The van der Waals surface area contributed by atoms with E-state index >= 15 is 0 Å². The molecule has 0 N–H and O–H groups in total. The fourth-order valence-electron chi connectivity index (χ4n) is 1.68. The number of hydrogen-bond donors (Lipinski definition) is 0. The Morgan fingerprint density at radius 2 is 2.00 bits per heavy atom. The predicted molar refractivity (Wildman–Crippen MR) is 71.5 cm³/mol. The number of aromatic nitrogens is 1. The molecule has 94 valence electrons. The number of benzene rings is 1. The largest absolute Gasteiger partial charge is 0.459 e. The summed E-state index contributed by atoms with van der Waals surface area (Å²) in [5.74, 6) is -0.293. The van der Waals surface area contributed by atoms with Gasteiger partial charge in [0, 0.05) is 32.1 Å². The Bertz CT molecular complexity index is 579. The molecular formula is C14H16N2O2. The van der Waals surface area contributed by atoms with Crippen LogP contribution < -0.4 is 4.90 Å². The van der Waals surface area contributed by atoms with Crippen LogP contribution in [0.5, 0.6) is 0 Å². The van der Waals surface area contributed by atoms with Crippen molar-refractivity contribution in [2.45, 2.75) is 13.5 Å². The van der Waals surface area contributed by atoms with E-state index in [-0.39, 0.29) is 12.6 Å². The van der Waals surface area contributed by atoms with Crippen molar-refractivity contribution >= 4 is 22.6 Å². The van der Waals surface area contributed by atoms with Gasteiger partial charge in [-0.3, -0.25) is 4.79 Å². The number of fused-ring (bicyclic) bond motifs is 1. The monoisotopic (exact) mass is 244 g/mol. The zero-order valence-corrected chi connectivity index (χ0v) is 10.8. The maximum atomic E-state index is 10.8. The Balaban J connectivity index is 2.33. The number of nitrogens with zero attached hydrogens (tertiary/aromatic N) is 2. The van der Waals surface area contributed by atoms with Crippen LogP contribution in [0.3, 0.4) is 0 Å². The van der Waals surface area contributed by atoms with Crippen LogP contribution in [-0.2, 0) is 16.1 Å². The minimum Gasteiger partial charge on any atom is -0.459 e. The molecule has 0 aliphatic heterocycles. The molecule has 4 nitrogen and oxygen atoms in total. The van der Waals surface area contributed by atoms with Gasteiger partial charge in [0.05, 0.1) is 11.2 Å². The van der Waals surface area contributed by atoms with Crippen molar-refractivity contribution in [3.63, 3.8) is 0 Å². The van der Waals surface area contributed by atoms with E-state index in [1.807, 2.05) is 43.3 Å². The lowest BCUT2D eigenvalue weighted by Gasteiger charge is -2.13. The van der Waals surface area contributed by atoms with E-state index in [1.54, 1.807) is 0 Å². The lowest BCUT2D eigenvalue weighted by Crippen LogP contribution is -2.08. The number of anilines is 1. The number of rotatable bonds is 3. The van der Waals surface area contributed by atoms with Gasteiger partial charge in [0.2, 0.25) is 0 Å². The molecule has 0 spiro atoms. The maximum absolute atomic E-state index is 10.8. The molecule has 0 unspecified atom stereocenters. The molecular weight excluding hydrogens is 228 g/mol. The third kappa shape index (κ3) is 2.77. The van der Waals surface area contributed by atoms with E-state index in [0.717, 1.165) is 22.3 Å². The van der Waals surface area contributed by atoms with Crippen LogP contribution in [0.15, 0.2) is 30.3 Å². The topological polar surface area (TPSA) is 42.4 Å². The first-order valence-corrected chi connectivity index (χ1v) is 5.76. The Kier molecular flexibility index (Phi) is 3.46. The summed E-state index contributed by atoms with van der Waals surface area (Å²) in [6.07, 6.45) is 0. The second-order valence-electron chi connectivity index (χ2n) is 4.35. The number of esters is 1. The second-order valence-corrected chi connectivity index (χ2v) is 4.35. The van der Waals surface area contributed by atoms with E-state index in [9.17, 15) is 4.79 Å². The van der Waals surface area contributed by atoms with E-state index in [4.69, 9.17) is 4.74 Å². The van der Waals surface area contributed by atoms with Gasteiger partial charge in [-0.1, -0.05) is 12.1 Å². The highest BCUT2D eigenvalue weighted by Gasteiger charge is 2.02. The summed E-state index contributed by atoms with van der Waals surface area (Å²) in [7, 11) is 3.98. The van der Waals surface area contributed by atoms with E-state index in [2.05, 4.69) is 11.1 Å². The fourth-order valence-corrected chi connectivity index (χ4v) is 1.68. The number of ether oxygens (including phenoxy) is 1. The van der Waals surface area contributed by atoms with Gasteiger partial charge in [0.25, 0.3) is 0 Å². The zero-order chi connectivity index (χ0) is 13.1. The lowest BCUT2D eigenvalue weighted by molar-refractivity contribution is -0.142. The third-order valence-electron chi connectivity index (χ3n) is 2.67. The van der Waals surface area contributed by atoms with E-state index < -0.39 is 0 Å². The highest BCUT2D eigenvalue weighted by atomic mass is 16.5. The quantitative estimate of drug-likeness (QED) is 0.777. The van der Waals surface area contributed by atoms with Crippen molar-refractivity contribution in [1.29, 1.82) is 0 Å². The minimum atomic E-state index is -0.293. The van der Waals surface area contributed by atoms with Crippen LogP contribution in [-0.4, -0.2) is 25.0 Å². The molecule has 1 aromatic heterocycles. The van der Waals surface area contributed by atoms with Crippen molar-refractivity contribution in [3.05, 3.63) is 36.0 Å². The molecule has 0 aliphatic carbocycles. The van der Waals surface area contributed by atoms with Gasteiger partial charge in [-0.2, -0.15) is 0 Å². The van der Waals surface area contributed by atoms with Crippen LogP contribution in [0.1, 0.15) is 12.6 Å². The highest BCUT2D eigenvalue weighted by molar-refractivity contribution is 5.82. The van der Waals surface area contributed by atoms with Crippen molar-refractivity contribution in [3.8, 4) is 0 Å². The molecule has 1 heterocycles. The van der Waals surface area contributed by atoms with Gasteiger partial charge in [-0.25, -0.2) is 4.98 Å². The average molecular weight is 244 g/mol. The molecule has 0 atom stereocenters. The van der Waals surface area contributed by atoms with Gasteiger partial charge in [-0.15, -0.1) is 0 Å². The molecule has 1 aromatic carbocycles. The molecule has 0 bridgehead atoms. The van der Waals surface area contributed by atoms with E-state index in [0.29, 0.717) is 0 Å². The molecule has 0 fully saturated rings. The number of carbonyl (C=O) groups excluding carboxylic acids is 1. The van der Waals surface area contributed by atoms with Crippen molar-refractivity contribution in [2.75, 3.05) is 19.0 Å². The van der Waals surface area contributed by atoms with Gasteiger partial charge < -0.3 is 9.64 Å². The molecule has 0 aliphatic rings. The molecule has 0 saturated heterocycles. The number of hydrogen-bond acceptors (Lipinski definition) is 4. The molecule has 0 radical (unpaired) electrons.